The molecule has 0 aliphatic carbocycles. The van der Waals surface area contributed by atoms with E-state index >= 15 is 0 Å². The van der Waals surface area contributed by atoms with Gasteiger partial charge in [-0.3, -0.25) is 4.79 Å². The maximum absolute atomic E-state index is 13.1. The first-order chi connectivity index (χ1) is 15.9. The van der Waals surface area contributed by atoms with Gasteiger partial charge in [-0.25, -0.2) is 0 Å². The van der Waals surface area contributed by atoms with Crippen molar-refractivity contribution in [2.75, 3.05) is 19.6 Å². The summed E-state index contributed by atoms with van der Waals surface area (Å²) in [6.45, 7) is 7.97. The van der Waals surface area contributed by atoms with Crippen molar-refractivity contribution in [2.45, 2.75) is 64.3 Å². The van der Waals surface area contributed by atoms with Crippen LogP contribution in [0, 0.1) is 0 Å². The molecule has 1 aliphatic rings. The lowest BCUT2D eigenvalue weighted by Gasteiger charge is -2.32. The molecule has 186 valence electrons. The highest BCUT2D eigenvalue weighted by Gasteiger charge is 2.33. The molecule has 0 saturated carbocycles. The van der Waals surface area contributed by atoms with Gasteiger partial charge in [0.1, 0.15) is 18.0 Å². The summed E-state index contributed by atoms with van der Waals surface area (Å²) in [5, 5.41) is -0.324. The van der Waals surface area contributed by atoms with E-state index in [9.17, 15) is 18.0 Å². The second-order valence-electron chi connectivity index (χ2n) is 9.59. The number of hydrogen-bond donors (Lipinski definition) is 0. The summed E-state index contributed by atoms with van der Waals surface area (Å²) in [6.07, 6.45) is -2.33. The lowest BCUT2D eigenvalue weighted by molar-refractivity contribution is -0.155. The molecule has 1 saturated heterocycles. The van der Waals surface area contributed by atoms with Crippen molar-refractivity contribution < 1.29 is 27.4 Å². The fourth-order valence-corrected chi connectivity index (χ4v) is 4.32. The van der Waals surface area contributed by atoms with Gasteiger partial charge in [0.25, 0.3) is 0 Å². The average molecular weight is 498 g/mol. The van der Waals surface area contributed by atoms with Crippen molar-refractivity contribution in [3.05, 3.63) is 64.2 Å². The maximum Gasteiger partial charge on any atom is 0.417 e. The summed E-state index contributed by atoms with van der Waals surface area (Å²) in [4.78, 5) is 14.2. The van der Waals surface area contributed by atoms with Crippen molar-refractivity contribution in [1.82, 2.24) is 4.90 Å². The zero-order chi connectivity index (χ0) is 24.9. The minimum Gasteiger partial charge on any atom is -0.489 e. The monoisotopic (exact) mass is 497 g/mol. The van der Waals surface area contributed by atoms with Crippen molar-refractivity contribution >= 4 is 17.6 Å². The van der Waals surface area contributed by atoms with E-state index in [-0.39, 0.29) is 23.5 Å². The largest absolute Gasteiger partial charge is 0.489 e. The third-order valence-electron chi connectivity index (χ3n) is 5.73. The first-order valence-corrected chi connectivity index (χ1v) is 11.8. The average Bonchev–Trinajstić information content (AvgIpc) is 2.76. The highest BCUT2D eigenvalue weighted by molar-refractivity contribution is 6.31. The first kappa shape index (κ1) is 26.4. The molecule has 4 nitrogen and oxygen atoms in total. The fourth-order valence-electron chi connectivity index (χ4n) is 4.10. The van der Waals surface area contributed by atoms with Crippen molar-refractivity contribution in [1.29, 1.82) is 0 Å². The molecular formula is C26H31ClF3NO3. The van der Waals surface area contributed by atoms with Crippen LogP contribution in [0.2, 0.25) is 5.02 Å². The number of para-hydroxylation sites is 1. The zero-order valence-corrected chi connectivity index (χ0v) is 20.5. The maximum atomic E-state index is 13.1. The number of alkyl halides is 3. The van der Waals surface area contributed by atoms with E-state index in [1.54, 1.807) is 6.07 Å². The third-order valence-corrected chi connectivity index (χ3v) is 6.06. The summed E-state index contributed by atoms with van der Waals surface area (Å²) in [5.74, 6) is 0.771. The lowest BCUT2D eigenvalue weighted by atomic mass is 9.88. The molecule has 1 aliphatic heterocycles. The second kappa shape index (κ2) is 11.0. The quantitative estimate of drug-likeness (QED) is 0.392. The Balaban J connectivity index is 1.57. The van der Waals surface area contributed by atoms with E-state index in [2.05, 4.69) is 4.90 Å². The molecule has 2 aromatic carbocycles. The summed E-state index contributed by atoms with van der Waals surface area (Å²) in [5.41, 5.74) is 0.124. The van der Waals surface area contributed by atoms with Gasteiger partial charge in [-0.2, -0.15) is 13.2 Å². The number of nitrogens with zero attached hydrogens (tertiary/aromatic N) is 1. The van der Waals surface area contributed by atoms with Crippen molar-refractivity contribution in [3.8, 4) is 5.75 Å². The van der Waals surface area contributed by atoms with Crippen LogP contribution in [0.1, 0.15) is 62.6 Å². The molecule has 0 aromatic heterocycles. The molecule has 0 spiro atoms. The van der Waals surface area contributed by atoms with E-state index in [0.717, 1.165) is 37.6 Å². The highest BCUT2D eigenvalue weighted by atomic mass is 35.5. The van der Waals surface area contributed by atoms with Crippen LogP contribution in [0.15, 0.2) is 42.5 Å². The smallest absolute Gasteiger partial charge is 0.417 e. The SMILES string of the molecule is CC(C)(C)OC(=O)CCN1CCC(c2ccccc2OCc2ccc(Cl)c(C(F)(F)F)c2)CC1. The summed E-state index contributed by atoms with van der Waals surface area (Å²) >= 11 is 5.71. The number of halogens is 4. The summed E-state index contributed by atoms with van der Waals surface area (Å²) in [6, 6.07) is 11.5. The van der Waals surface area contributed by atoms with Gasteiger partial charge < -0.3 is 14.4 Å². The van der Waals surface area contributed by atoms with Crippen LogP contribution in [0.25, 0.3) is 0 Å². The van der Waals surface area contributed by atoms with Crippen LogP contribution in [0.5, 0.6) is 5.75 Å². The number of carbonyl (C=O) groups is 1. The number of piperidine rings is 1. The minimum atomic E-state index is -4.51. The third kappa shape index (κ3) is 7.64. The molecule has 1 heterocycles. The fraction of sp³-hybridized carbons (Fsp3) is 0.500. The molecular weight excluding hydrogens is 467 g/mol. The number of hydrogen-bond acceptors (Lipinski definition) is 4. The predicted octanol–water partition coefficient (Wildman–Crippen LogP) is 6.85. The molecule has 1 fully saturated rings. The Kier molecular flexibility index (Phi) is 8.52. The Morgan fingerprint density at radius 2 is 1.76 bits per heavy atom. The normalized spacial score (nSPS) is 15.9. The van der Waals surface area contributed by atoms with Crippen LogP contribution in [0.4, 0.5) is 13.2 Å². The van der Waals surface area contributed by atoms with E-state index < -0.39 is 17.3 Å². The van der Waals surface area contributed by atoms with Crippen LogP contribution >= 0.6 is 11.6 Å². The topological polar surface area (TPSA) is 38.8 Å². The number of ether oxygens (including phenoxy) is 2. The highest BCUT2D eigenvalue weighted by Crippen LogP contribution is 2.37. The van der Waals surface area contributed by atoms with Gasteiger partial charge in [0, 0.05) is 6.54 Å². The van der Waals surface area contributed by atoms with Crippen LogP contribution < -0.4 is 4.74 Å². The second-order valence-corrected chi connectivity index (χ2v) is 10.00. The predicted molar refractivity (Wildman–Crippen MR) is 126 cm³/mol. The molecule has 34 heavy (non-hydrogen) atoms. The summed E-state index contributed by atoms with van der Waals surface area (Å²) in [7, 11) is 0. The van der Waals surface area contributed by atoms with Gasteiger partial charge in [-0.05, 0) is 81.9 Å². The number of esters is 1. The van der Waals surface area contributed by atoms with E-state index in [4.69, 9.17) is 21.1 Å². The molecule has 0 atom stereocenters. The first-order valence-electron chi connectivity index (χ1n) is 11.4. The number of carbonyl (C=O) groups excluding carboxylic acids is 1. The molecule has 0 N–H and O–H groups in total. The molecule has 0 unspecified atom stereocenters. The van der Waals surface area contributed by atoms with Gasteiger partial charge in [-0.15, -0.1) is 0 Å². The zero-order valence-electron chi connectivity index (χ0n) is 19.8. The van der Waals surface area contributed by atoms with Crippen LogP contribution in [0.3, 0.4) is 0 Å². The van der Waals surface area contributed by atoms with E-state index in [0.29, 0.717) is 24.3 Å². The summed E-state index contributed by atoms with van der Waals surface area (Å²) < 4.78 is 50.8. The molecule has 8 heteroatoms. The van der Waals surface area contributed by atoms with Gasteiger partial charge in [-0.1, -0.05) is 35.9 Å². The standard InChI is InChI=1S/C26H31ClF3NO3/c1-25(2,3)34-24(32)12-15-31-13-10-19(11-14-31)20-6-4-5-7-23(20)33-17-18-8-9-22(27)21(16-18)26(28,29)30/h4-9,16,19H,10-15,17H2,1-3H3. The Labute approximate surface area is 204 Å². The van der Waals surface area contributed by atoms with Gasteiger partial charge in [0.05, 0.1) is 17.0 Å². The molecule has 0 amide bonds. The molecule has 2 aromatic rings. The Hall–Kier alpha value is -2.25. The van der Waals surface area contributed by atoms with Gasteiger partial charge >= 0.3 is 12.1 Å². The Bertz CT molecular complexity index is 980. The van der Waals surface area contributed by atoms with E-state index in [1.807, 2.05) is 45.0 Å². The van der Waals surface area contributed by atoms with Crippen LogP contribution in [-0.4, -0.2) is 36.1 Å². The van der Waals surface area contributed by atoms with Gasteiger partial charge in [0.2, 0.25) is 0 Å². The minimum absolute atomic E-state index is 0.0198. The Morgan fingerprint density at radius 3 is 2.41 bits per heavy atom. The number of rotatable bonds is 7. The van der Waals surface area contributed by atoms with Crippen molar-refractivity contribution in [3.63, 3.8) is 0 Å². The number of benzene rings is 2. The van der Waals surface area contributed by atoms with Crippen molar-refractivity contribution in [2.24, 2.45) is 0 Å². The molecule has 3 rings (SSSR count). The Morgan fingerprint density at radius 1 is 1.09 bits per heavy atom. The van der Waals surface area contributed by atoms with Gasteiger partial charge in [0.15, 0.2) is 0 Å². The lowest BCUT2D eigenvalue weighted by Crippen LogP contribution is -2.35. The van der Waals surface area contributed by atoms with E-state index in [1.165, 1.54) is 6.07 Å². The molecule has 0 radical (unpaired) electrons. The van der Waals surface area contributed by atoms with Crippen LogP contribution in [-0.2, 0) is 22.3 Å². The number of likely N-dealkylation sites (tertiary alicyclic amines) is 1. The molecule has 0 bridgehead atoms.